The summed E-state index contributed by atoms with van der Waals surface area (Å²) in [5.41, 5.74) is -1.15. The van der Waals surface area contributed by atoms with E-state index in [2.05, 4.69) is 9.71 Å². The van der Waals surface area contributed by atoms with Crippen LogP contribution in [0.25, 0.3) is 0 Å². The molecule has 1 aromatic heterocycles. The third kappa shape index (κ3) is 4.13. The average molecular weight is 391 g/mol. The van der Waals surface area contributed by atoms with Crippen LogP contribution in [0.5, 0.6) is 0 Å². The first-order valence-corrected chi connectivity index (χ1v) is 9.96. The van der Waals surface area contributed by atoms with E-state index >= 15 is 0 Å². The van der Waals surface area contributed by atoms with Crippen molar-refractivity contribution in [3.05, 3.63) is 41.4 Å². The number of hydrogen-bond acceptors (Lipinski definition) is 5. The zero-order valence-electron chi connectivity index (χ0n) is 13.0. The summed E-state index contributed by atoms with van der Waals surface area (Å²) in [5, 5.41) is 2.72. The van der Waals surface area contributed by atoms with Gasteiger partial charge in [-0.15, -0.1) is 11.3 Å². The number of rotatable bonds is 4. The lowest BCUT2D eigenvalue weighted by molar-refractivity contribution is -0.139. The Bertz CT molecular complexity index is 815. The number of halogens is 3. The molecule has 0 amide bonds. The van der Waals surface area contributed by atoms with Gasteiger partial charge < -0.3 is 4.90 Å². The highest BCUT2D eigenvalue weighted by Crippen LogP contribution is 2.34. The highest BCUT2D eigenvalue weighted by molar-refractivity contribution is 7.89. The van der Waals surface area contributed by atoms with E-state index in [9.17, 15) is 21.6 Å². The predicted octanol–water partition coefficient (Wildman–Crippen LogP) is 3.11. The Labute approximate surface area is 147 Å². The topological polar surface area (TPSA) is 62.3 Å². The lowest BCUT2D eigenvalue weighted by Gasteiger charge is -2.32. The van der Waals surface area contributed by atoms with Crippen molar-refractivity contribution in [2.24, 2.45) is 0 Å². The van der Waals surface area contributed by atoms with E-state index in [1.807, 2.05) is 10.3 Å². The number of hydrogen-bond donors (Lipinski definition) is 1. The molecule has 3 rings (SSSR count). The van der Waals surface area contributed by atoms with E-state index in [4.69, 9.17) is 0 Å². The standard InChI is InChI=1S/C15H16F3N3O2S2/c16-15(17,18)12-3-1-2-4-13(12)25(22,23)20-11-5-8-21(9-6-11)14-19-7-10-24-14/h1-4,7,10-11,20H,5-6,8-9H2. The minimum absolute atomic E-state index is 0.400. The van der Waals surface area contributed by atoms with Gasteiger partial charge in [0.15, 0.2) is 5.13 Å². The van der Waals surface area contributed by atoms with Crippen LogP contribution in [-0.2, 0) is 16.2 Å². The van der Waals surface area contributed by atoms with Crippen molar-refractivity contribution in [2.75, 3.05) is 18.0 Å². The summed E-state index contributed by atoms with van der Waals surface area (Å²) < 4.78 is 66.5. The van der Waals surface area contributed by atoms with Crippen LogP contribution in [0.2, 0.25) is 0 Å². The van der Waals surface area contributed by atoms with E-state index in [0.717, 1.165) is 17.3 Å². The summed E-state index contributed by atoms with van der Waals surface area (Å²) >= 11 is 1.50. The second-order valence-electron chi connectivity index (χ2n) is 5.69. The SMILES string of the molecule is O=S(=O)(NC1CCN(c2nccs2)CC1)c1ccccc1C(F)(F)F. The fourth-order valence-electron chi connectivity index (χ4n) is 2.78. The normalized spacial score (nSPS) is 17.0. The van der Waals surface area contributed by atoms with Crippen LogP contribution in [0.3, 0.4) is 0 Å². The predicted molar refractivity (Wildman–Crippen MR) is 89.1 cm³/mol. The molecule has 1 aliphatic rings. The van der Waals surface area contributed by atoms with Crippen molar-refractivity contribution < 1.29 is 21.6 Å². The van der Waals surface area contributed by atoms with Gasteiger partial charge in [0.05, 0.1) is 10.5 Å². The van der Waals surface area contributed by atoms with E-state index in [0.29, 0.717) is 25.9 Å². The summed E-state index contributed by atoms with van der Waals surface area (Å²) in [5.74, 6) is 0. The van der Waals surface area contributed by atoms with Crippen molar-refractivity contribution >= 4 is 26.5 Å². The van der Waals surface area contributed by atoms with Crippen LogP contribution in [0.15, 0.2) is 40.7 Å². The van der Waals surface area contributed by atoms with Crippen LogP contribution < -0.4 is 9.62 Å². The van der Waals surface area contributed by atoms with Gasteiger partial charge in [-0.1, -0.05) is 12.1 Å². The maximum atomic E-state index is 13.1. The molecule has 0 atom stereocenters. The maximum absolute atomic E-state index is 13.1. The summed E-state index contributed by atoms with van der Waals surface area (Å²) in [7, 11) is -4.25. The van der Waals surface area contributed by atoms with Gasteiger partial charge in [0.25, 0.3) is 0 Å². The highest BCUT2D eigenvalue weighted by Gasteiger charge is 2.37. The first-order chi connectivity index (χ1) is 11.8. The van der Waals surface area contributed by atoms with Crippen LogP contribution in [0.1, 0.15) is 18.4 Å². The molecule has 2 aromatic rings. The molecule has 1 aromatic carbocycles. The summed E-state index contributed by atoms with van der Waals surface area (Å²) in [6.07, 6.45) is -2.01. The monoisotopic (exact) mass is 391 g/mol. The van der Waals surface area contributed by atoms with Gasteiger partial charge >= 0.3 is 6.18 Å². The molecule has 0 spiro atoms. The second kappa shape index (κ2) is 6.93. The van der Waals surface area contributed by atoms with Gasteiger partial charge in [-0.2, -0.15) is 13.2 Å². The highest BCUT2D eigenvalue weighted by atomic mass is 32.2. The molecule has 5 nitrogen and oxygen atoms in total. The number of nitrogens with one attached hydrogen (secondary N) is 1. The summed E-state index contributed by atoms with van der Waals surface area (Å²) in [6, 6.07) is 3.82. The van der Waals surface area contributed by atoms with E-state index in [1.165, 1.54) is 23.5 Å². The Balaban J connectivity index is 1.71. The number of piperidine rings is 1. The van der Waals surface area contributed by atoms with Crippen molar-refractivity contribution in [1.29, 1.82) is 0 Å². The fraction of sp³-hybridized carbons (Fsp3) is 0.400. The Morgan fingerprint density at radius 3 is 2.48 bits per heavy atom. The van der Waals surface area contributed by atoms with Crippen LogP contribution >= 0.6 is 11.3 Å². The third-order valence-corrected chi connectivity index (χ3v) is 6.40. The lowest BCUT2D eigenvalue weighted by Crippen LogP contribution is -2.44. The quantitative estimate of drug-likeness (QED) is 0.870. The Morgan fingerprint density at radius 1 is 1.20 bits per heavy atom. The molecule has 1 saturated heterocycles. The van der Waals surface area contributed by atoms with Crippen molar-refractivity contribution in [3.63, 3.8) is 0 Å². The number of aromatic nitrogens is 1. The molecule has 2 heterocycles. The van der Waals surface area contributed by atoms with E-state index < -0.39 is 32.7 Å². The second-order valence-corrected chi connectivity index (χ2v) is 8.25. The number of sulfonamides is 1. The number of nitrogens with zero attached hydrogens (tertiary/aromatic N) is 2. The molecule has 10 heteroatoms. The molecule has 1 aliphatic heterocycles. The van der Waals surface area contributed by atoms with Gasteiger partial charge in [-0.25, -0.2) is 18.1 Å². The molecule has 1 fully saturated rings. The molecule has 136 valence electrons. The maximum Gasteiger partial charge on any atom is 0.417 e. The average Bonchev–Trinajstić information content (AvgIpc) is 3.09. The van der Waals surface area contributed by atoms with Crippen molar-refractivity contribution in [1.82, 2.24) is 9.71 Å². The third-order valence-electron chi connectivity index (χ3n) is 3.99. The number of anilines is 1. The van der Waals surface area contributed by atoms with Gasteiger partial charge in [0.2, 0.25) is 10.0 Å². The molecule has 25 heavy (non-hydrogen) atoms. The fourth-order valence-corrected chi connectivity index (χ4v) is 5.01. The number of alkyl halides is 3. The summed E-state index contributed by atoms with van der Waals surface area (Å²) in [6.45, 7) is 1.20. The van der Waals surface area contributed by atoms with Gasteiger partial charge in [-0.05, 0) is 25.0 Å². The van der Waals surface area contributed by atoms with Crippen LogP contribution in [0, 0.1) is 0 Å². The Kier molecular flexibility index (Phi) is 5.03. The molecule has 0 unspecified atom stereocenters. The first kappa shape index (κ1) is 18.2. The minimum atomic E-state index is -4.72. The first-order valence-electron chi connectivity index (χ1n) is 7.60. The number of benzene rings is 1. The zero-order valence-corrected chi connectivity index (χ0v) is 14.7. The molecule has 1 N–H and O–H groups in total. The molecule has 0 aliphatic carbocycles. The van der Waals surface area contributed by atoms with Gasteiger partial charge in [-0.3, -0.25) is 0 Å². The van der Waals surface area contributed by atoms with Crippen LogP contribution in [0.4, 0.5) is 18.3 Å². The molecule has 0 bridgehead atoms. The lowest BCUT2D eigenvalue weighted by atomic mass is 10.1. The molecule has 0 saturated carbocycles. The van der Waals surface area contributed by atoms with E-state index in [-0.39, 0.29) is 0 Å². The van der Waals surface area contributed by atoms with E-state index in [1.54, 1.807) is 6.20 Å². The Morgan fingerprint density at radius 2 is 1.88 bits per heavy atom. The van der Waals surface area contributed by atoms with Gasteiger partial charge in [0, 0.05) is 30.7 Å². The molecular formula is C15H16F3N3O2S2. The largest absolute Gasteiger partial charge is 0.417 e. The molecule has 0 radical (unpaired) electrons. The number of thiazole rings is 1. The Hall–Kier alpha value is -1.65. The molecular weight excluding hydrogens is 375 g/mol. The zero-order chi connectivity index (χ0) is 18.1. The van der Waals surface area contributed by atoms with Crippen LogP contribution in [-0.4, -0.2) is 32.5 Å². The minimum Gasteiger partial charge on any atom is -0.348 e. The van der Waals surface area contributed by atoms with Gasteiger partial charge in [0.1, 0.15) is 0 Å². The van der Waals surface area contributed by atoms with Crippen molar-refractivity contribution in [2.45, 2.75) is 30.0 Å². The smallest absolute Gasteiger partial charge is 0.348 e. The van der Waals surface area contributed by atoms with Crippen molar-refractivity contribution in [3.8, 4) is 0 Å². The summed E-state index contributed by atoms with van der Waals surface area (Å²) in [4.78, 5) is 5.52.